The summed E-state index contributed by atoms with van der Waals surface area (Å²) in [5.41, 5.74) is 8.18. The lowest BCUT2D eigenvalue weighted by Crippen LogP contribution is -2.13. The highest BCUT2D eigenvalue weighted by Crippen LogP contribution is 2.32. The lowest BCUT2D eigenvalue weighted by Gasteiger charge is -2.17. The molecule has 4 heteroatoms. The molecule has 0 bridgehead atoms. The van der Waals surface area contributed by atoms with E-state index >= 15 is 0 Å². The van der Waals surface area contributed by atoms with Crippen LogP contribution >= 0.6 is 0 Å². The van der Waals surface area contributed by atoms with Gasteiger partial charge in [0.15, 0.2) is 0 Å². The van der Waals surface area contributed by atoms with Gasteiger partial charge < -0.3 is 19.9 Å². The van der Waals surface area contributed by atoms with E-state index in [4.69, 9.17) is 19.9 Å². The van der Waals surface area contributed by atoms with Crippen LogP contribution in [0.15, 0.2) is 42.5 Å². The van der Waals surface area contributed by atoms with Crippen LogP contribution in [0.5, 0.6) is 17.2 Å². The molecule has 2 N–H and O–H groups in total. The summed E-state index contributed by atoms with van der Waals surface area (Å²) in [5, 5.41) is 0. The van der Waals surface area contributed by atoms with E-state index in [1.807, 2.05) is 42.5 Å². The lowest BCUT2D eigenvalue weighted by atomic mass is 9.98. The first kappa shape index (κ1) is 14.2. The van der Waals surface area contributed by atoms with E-state index in [0.717, 1.165) is 16.9 Å². The number of para-hydroxylation sites is 1. The molecule has 2 aromatic carbocycles. The first-order valence-corrected chi connectivity index (χ1v) is 6.31. The second-order valence-corrected chi connectivity index (χ2v) is 4.37. The van der Waals surface area contributed by atoms with Gasteiger partial charge in [0.1, 0.15) is 17.2 Å². The van der Waals surface area contributed by atoms with Crippen molar-refractivity contribution in [1.82, 2.24) is 0 Å². The molecule has 2 rings (SSSR count). The summed E-state index contributed by atoms with van der Waals surface area (Å²) in [6.07, 6.45) is 0. The summed E-state index contributed by atoms with van der Waals surface area (Å²) in [6, 6.07) is 13.0. The van der Waals surface area contributed by atoms with Gasteiger partial charge in [0.2, 0.25) is 0 Å². The molecule has 0 aliphatic carbocycles. The predicted octanol–water partition coefficient (Wildman–Crippen LogP) is 2.76. The molecular formula is C16H19NO3. The summed E-state index contributed by atoms with van der Waals surface area (Å²) < 4.78 is 15.9. The number of benzene rings is 2. The normalized spacial score (nSPS) is 11.8. The van der Waals surface area contributed by atoms with E-state index in [-0.39, 0.29) is 6.04 Å². The summed E-state index contributed by atoms with van der Waals surface area (Å²) in [7, 11) is 4.87. The minimum absolute atomic E-state index is 0.310. The molecule has 1 unspecified atom stereocenters. The lowest BCUT2D eigenvalue weighted by molar-refractivity contribution is 0.392. The van der Waals surface area contributed by atoms with Gasteiger partial charge in [-0.1, -0.05) is 18.2 Å². The third-order valence-electron chi connectivity index (χ3n) is 3.21. The monoisotopic (exact) mass is 273 g/mol. The van der Waals surface area contributed by atoms with Crippen LogP contribution in [0.25, 0.3) is 0 Å². The summed E-state index contributed by atoms with van der Waals surface area (Å²) in [4.78, 5) is 0. The molecule has 0 radical (unpaired) electrons. The maximum absolute atomic E-state index is 6.35. The van der Waals surface area contributed by atoms with E-state index in [9.17, 15) is 0 Å². The highest BCUT2D eigenvalue weighted by molar-refractivity contribution is 5.46. The second-order valence-electron chi connectivity index (χ2n) is 4.37. The van der Waals surface area contributed by atoms with Crippen molar-refractivity contribution in [3.63, 3.8) is 0 Å². The van der Waals surface area contributed by atoms with E-state index in [1.165, 1.54) is 0 Å². The first-order valence-electron chi connectivity index (χ1n) is 6.31. The van der Waals surface area contributed by atoms with E-state index in [2.05, 4.69) is 0 Å². The smallest absolute Gasteiger partial charge is 0.123 e. The standard InChI is InChI=1S/C16H19NO3/c1-18-12-8-11(9-13(10-12)19-2)16(17)14-6-4-5-7-15(14)20-3/h4-10,16H,17H2,1-3H3. The third-order valence-corrected chi connectivity index (χ3v) is 3.21. The molecule has 0 saturated carbocycles. The van der Waals surface area contributed by atoms with Crippen molar-refractivity contribution in [2.75, 3.05) is 21.3 Å². The van der Waals surface area contributed by atoms with Crippen LogP contribution in [0.4, 0.5) is 0 Å². The van der Waals surface area contributed by atoms with Crippen molar-refractivity contribution >= 4 is 0 Å². The summed E-state index contributed by atoms with van der Waals surface area (Å²) in [6.45, 7) is 0. The van der Waals surface area contributed by atoms with Crippen molar-refractivity contribution in [2.45, 2.75) is 6.04 Å². The van der Waals surface area contributed by atoms with Crippen molar-refractivity contribution in [3.8, 4) is 17.2 Å². The van der Waals surface area contributed by atoms with Crippen LogP contribution in [-0.4, -0.2) is 21.3 Å². The van der Waals surface area contributed by atoms with Gasteiger partial charge in [-0.2, -0.15) is 0 Å². The molecule has 106 valence electrons. The van der Waals surface area contributed by atoms with E-state index in [1.54, 1.807) is 21.3 Å². The number of methoxy groups -OCH3 is 3. The average molecular weight is 273 g/mol. The fourth-order valence-electron chi connectivity index (χ4n) is 2.11. The number of hydrogen-bond acceptors (Lipinski definition) is 4. The molecule has 0 spiro atoms. The first-order chi connectivity index (χ1) is 9.69. The zero-order chi connectivity index (χ0) is 14.5. The second kappa shape index (κ2) is 6.30. The van der Waals surface area contributed by atoms with Gasteiger partial charge in [0, 0.05) is 11.6 Å². The van der Waals surface area contributed by atoms with Crippen molar-refractivity contribution in [1.29, 1.82) is 0 Å². The Hall–Kier alpha value is -2.20. The molecule has 4 nitrogen and oxygen atoms in total. The van der Waals surface area contributed by atoms with Gasteiger partial charge in [0.25, 0.3) is 0 Å². The molecule has 1 atom stereocenters. The number of hydrogen-bond donors (Lipinski definition) is 1. The molecule has 20 heavy (non-hydrogen) atoms. The van der Waals surface area contributed by atoms with Crippen LogP contribution in [-0.2, 0) is 0 Å². The quantitative estimate of drug-likeness (QED) is 0.910. The molecule has 0 aromatic heterocycles. The average Bonchev–Trinajstić information content (AvgIpc) is 2.53. The Morgan fingerprint density at radius 3 is 2.00 bits per heavy atom. The van der Waals surface area contributed by atoms with Gasteiger partial charge in [-0.25, -0.2) is 0 Å². The molecule has 0 amide bonds. The Morgan fingerprint density at radius 1 is 0.850 bits per heavy atom. The summed E-state index contributed by atoms with van der Waals surface area (Å²) in [5.74, 6) is 2.19. The Balaban J connectivity index is 2.44. The van der Waals surface area contributed by atoms with Gasteiger partial charge in [-0.15, -0.1) is 0 Å². The highest BCUT2D eigenvalue weighted by Gasteiger charge is 2.15. The maximum atomic E-state index is 6.35. The van der Waals surface area contributed by atoms with Crippen molar-refractivity contribution in [3.05, 3.63) is 53.6 Å². The number of nitrogens with two attached hydrogens (primary N) is 1. The molecule has 0 saturated heterocycles. The van der Waals surface area contributed by atoms with Crippen LogP contribution in [0.1, 0.15) is 17.2 Å². The van der Waals surface area contributed by atoms with Crippen LogP contribution in [0.2, 0.25) is 0 Å². The van der Waals surface area contributed by atoms with Crippen LogP contribution < -0.4 is 19.9 Å². The van der Waals surface area contributed by atoms with Crippen LogP contribution in [0.3, 0.4) is 0 Å². The summed E-state index contributed by atoms with van der Waals surface area (Å²) >= 11 is 0. The predicted molar refractivity (Wildman–Crippen MR) is 78.6 cm³/mol. The molecule has 0 heterocycles. The molecule has 0 aliphatic rings. The van der Waals surface area contributed by atoms with Crippen molar-refractivity contribution in [2.24, 2.45) is 5.73 Å². The highest BCUT2D eigenvalue weighted by atomic mass is 16.5. The number of ether oxygens (including phenoxy) is 3. The third kappa shape index (κ3) is 2.86. The minimum Gasteiger partial charge on any atom is -0.497 e. The SMILES string of the molecule is COc1cc(OC)cc(C(N)c2ccccc2OC)c1. The topological polar surface area (TPSA) is 53.7 Å². The molecule has 0 aliphatic heterocycles. The minimum atomic E-state index is -0.310. The Morgan fingerprint density at radius 2 is 1.45 bits per heavy atom. The van der Waals surface area contributed by atoms with Crippen molar-refractivity contribution < 1.29 is 14.2 Å². The van der Waals surface area contributed by atoms with E-state index < -0.39 is 0 Å². The zero-order valence-electron chi connectivity index (χ0n) is 11.9. The van der Waals surface area contributed by atoms with Gasteiger partial charge in [-0.05, 0) is 23.8 Å². The maximum Gasteiger partial charge on any atom is 0.123 e. The molecular weight excluding hydrogens is 254 g/mol. The largest absolute Gasteiger partial charge is 0.497 e. The van der Waals surface area contributed by atoms with Gasteiger partial charge in [0.05, 0.1) is 27.4 Å². The fraction of sp³-hybridized carbons (Fsp3) is 0.250. The molecule has 0 fully saturated rings. The van der Waals surface area contributed by atoms with Crippen LogP contribution in [0, 0.1) is 0 Å². The fourth-order valence-corrected chi connectivity index (χ4v) is 2.11. The Bertz CT molecular complexity index is 561. The Labute approximate surface area is 119 Å². The Kier molecular flexibility index (Phi) is 4.48. The van der Waals surface area contributed by atoms with E-state index in [0.29, 0.717) is 11.5 Å². The van der Waals surface area contributed by atoms with Gasteiger partial charge >= 0.3 is 0 Å². The zero-order valence-corrected chi connectivity index (χ0v) is 11.9. The number of rotatable bonds is 5. The molecule has 2 aromatic rings. The van der Waals surface area contributed by atoms with Gasteiger partial charge in [-0.3, -0.25) is 0 Å².